The van der Waals surface area contributed by atoms with Crippen molar-refractivity contribution in [1.29, 1.82) is 0 Å². The topological polar surface area (TPSA) is 49.8 Å². The molecule has 0 aromatic rings. The molecule has 0 bridgehead atoms. The number of ether oxygens (including phenoxy) is 1. The second kappa shape index (κ2) is 4.84. The zero-order valence-electron chi connectivity index (χ0n) is 11.6. The number of carbonyl (C=O) groups excluding carboxylic acids is 1. The third-order valence-corrected chi connectivity index (χ3v) is 3.26. The Bertz CT molecular complexity index is 271. The Labute approximate surface area is 104 Å². The van der Waals surface area contributed by atoms with E-state index in [1.54, 1.807) is 11.9 Å². The van der Waals surface area contributed by atoms with Gasteiger partial charge in [0.25, 0.3) is 0 Å². The van der Waals surface area contributed by atoms with Crippen molar-refractivity contribution in [1.82, 2.24) is 4.90 Å². The highest BCUT2D eigenvalue weighted by atomic mass is 16.6. The van der Waals surface area contributed by atoms with Crippen molar-refractivity contribution < 1.29 is 14.6 Å². The number of rotatable bonds is 1. The molecule has 1 saturated carbocycles. The summed E-state index contributed by atoms with van der Waals surface area (Å²) in [4.78, 5) is 13.5. The number of carbonyl (C=O) groups is 1. The predicted molar refractivity (Wildman–Crippen MR) is 66.9 cm³/mol. The van der Waals surface area contributed by atoms with Gasteiger partial charge in [-0.1, -0.05) is 0 Å². The van der Waals surface area contributed by atoms with Gasteiger partial charge in [0, 0.05) is 13.1 Å². The van der Waals surface area contributed by atoms with Crippen molar-refractivity contribution in [3.63, 3.8) is 0 Å². The van der Waals surface area contributed by atoms with Crippen LogP contribution >= 0.6 is 0 Å². The van der Waals surface area contributed by atoms with Crippen molar-refractivity contribution in [2.24, 2.45) is 0 Å². The van der Waals surface area contributed by atoms with E-state index in [-0.39, 0.29) is 12.1 Å². The molecule has 1 aliphatic carbocycles. The highest BCUT2D eigenvalue weighted by molar-refractivity contribution is 5.68. The molecule has 0 heterocycles. The lowest BCUT2D eigenvalue weighted by atomic mass is 9.83. The first-order valence-electron chi connectivity index (χ1n) is 6.29. The molecule has 1 aliphatic rings. The predicted octanol–water partition coefficient (Wildman–Crippen LogP) is 2.55. The molecule has 0 aromatic carbocycles. The Kier molecular flexibility index (Phi) is 4.07. The van der Waals surface area contributed by atoms with Crippen LogP contribution in [0.1, 0.15) is 53.4 Å². The first-order chi connectivity index (χ1) is 7.61. The van der Waals surface area contributed by atoms with Gasteiger partial charge in [-0.2, -0.15) is 0 Å². The number of amides is 1. The maximum atomic E-state index is 11.9. The molecule has 1 fully saturated rings. The summed E-state index contributed by atoms with van der Waals surface area (Å²) in [6.07, 6.45) is 2.88. The maximum Gasteiger partial charge on any atom is 0.410 e. The van der Waals surface area contributed by atoms with E-state index < -0.39 is 11.2 Å². The Hall–Kier alpha value is -0.770. The van der Waals surface area contributed by atoms with Crippen molar-refractivity contribution >= 4 is 6.09 Å². The van der Waals surface area contributed by atoms with Crippen LogP contribution in [0.2, 0.25) is 0 Å². The molecule has 4 nitrogen and oxygen atoms in total. The summed E-state index contributed by atoms with van der Waals surface area (Å²) in [5.41, 5.74) is -1.02. The number of nitrogens with zero attached hydrogens (tertiary/aromatic N) is 1. The zero-order valence-corrected chi connectivity index (χ0v) is 11.6. The van der Waals surface area contributed by atoms with Crippen LogP contribution in [-0.2, 0) is 4.74 Å². The molecule has 0 spiro atoms. The van der Waals surface area contributed by atoms with Crippen molar-refractivity contribution in [2.45, 2.75) is 70.6 Å². The van der Waals surface area contributed by atoms with Crippen molar-refractivity contribution in [3.05, 3.63) is 0 Å². The van der Waals surface area contributed by atoms with E-state index >= 15 is 0 Å². The van der Waals surface area contributed by atoms with E-state index in [1.807, 2.05) is 27.7 Å². The van der Waals surface area contributed by atoms with Gasteiger partial charge in [0.2, 0.25) is 0 Å². The molecule has 0 unspecified atom stereocenters. The maximum absolute atomic E-state index is 11.9. The standard InChI is InChI=1S/C13H25NO3/c1-12(2,3)17-11(15)14(5)10-6-8-13(4,16)9-7-10/h10,16H,6-9H2,1-5H3. The number of hydrogen-bond donors (Lipinski definition) is 1. The quantitative estimate of drug-likeness (QED) is 0.770. The van der Waals surface area contributed by atoms with Crippen LogP contribution in [-0.4, -0.2) is 40.4 Å². The van der Waals surface area contributed by atoms with Crippen LogP contribution in [0, 0.1) is 0 Å². The van der Waals surface area contributed by atoms with Crippen LogP contribution in [0.15, 0.2) is 0 Å². The number of hydrogen-bond acceptors (Lipinski definition) is 3. The van der Waals surface area contributed by atoms with E-state index in [0.29, 0.717) is 0 Å². The van der Waals surface area contributed by atoms with E-state index in [1.165, 1.54) is 0 Å². The van der Waals surface area contributed by atoms with E-state index in [9.17, 15) is 9.90 Å². The van der Waals surface area contributed by atoms with Gasteiger partial charge in [-0.15, -0.1) is 0 Å². The first-order valence-corrected chi connectivity index (χ1v) is 6.29. The van der Waals surface area contributed by atoms with Gasteiger partial charge in [-0.25, -0.2) is 4.79 Å². The smallest absolute Gasteiger partial charge is 0.410 e. The third-order valence-electron chi connectivity index (χ3n) is 3.26. The Morgan fingerprint density at radius 2 is 1.82 bits per heavy atom. The van der Waals surface area contributed by atoms with Crippen LogP contribution in [0.4, 0.5) is 4.79 Å². The lowest BCUT2D eigenvalue weighted by Gasteiger charge is -2.38. The van der Waals surface area contributed by atoms with Gasteiger partial charge in [-0.05, 0) is 53.4 Å². The molecule has 1 amide bonds. The van der Waals surface area contributed by atoms with E-state index in [4.69, 9.17) is 4.74 Å². The fourth-order valence-electron chi connectivity index (χ4n) is 2.09. The van der Waals surface area contributed by atoms with Gasteiger partial charge in [0.1, 0.15) is 5.60 Å². The molecule has 0 saturated heterocycles. The first kappa shape index (κ1) is 14.3. The molecule has 1 N–H and O–H groups in total. The Morgan fingerprint density at radius 1 is 1.35 bits per heavy atom. The fraction of sp³-hybridized carbons (Fsp3) is 0.923. The van der Waals surface area contributed by atoms with Crippen molar-refractivity contribution in [3.8, 4) is 0 Å². The zero-order chi connectivity index (χ0) is 13.3. The monoisotopic (exact) mass is 243 g/mol. The fourth-order valence-corrected chi connectivity index (χ4v) is 2.09. The summed E-state index contributed by atoms with van der Waals surface area (Å²) in [5, 5.41) is 9.86. The third kappa shape index (κ3) is 4.54. The molecular weight excluding hydrogens is 218 g/mol. The lowest BCUT2D eigenvalue weighted by Crippen LogP contribution is -2.45. The minimum Gasteiger partial charge on any atom is -0.444 e. The second-order valence-electron chi connectivity index (χ2n) is 6.32. The summed E-state index contributed by atoms with van der Waals surface area (Å²) < 4.78 is 5.33. The molecule has 0 radical (unpaired) electrons. The summed E-state index contributed by atoms with van der Waals surface area (Å²) in [5.74, 6) is 0. The van der Waals surface area contributed by atoms with Crippen LogP contribution in [0.3, 0.4) is 0 Å². The van der Waals surface area contributed by atoms with Crippen molar-refractivity contribution in [2.75, 3.05) is 7.05 Å². The van der Waals surface area contributed by atoms with Crippen LogP contribution in [0.5, 0.6) is 0 Å². The van der Waals surface area contributed by atoms with Gasteiger partial charge in [0.05, 0.1) is 5.60 Å². The van der Waals surface area contributed by atoms with Gasteiger partial charge >= 0.3 is 6.09 Å². The van der Waals surface area contributed by atoms with Gasteiger partial charge in [-0.3, -0.25) is 0 Å². The number of aliphatic hydroxyl groups is 1. The molecule has 1 rings (SSSR count). The van der Waals surface area contributed by atoms with Crippen LogP contribution in [0.25, 0.3) is 0 Å². The molecule has 0 aliphatic heterocycles. The van der Waals surface area contributed by atoms with Gasteiger partial charge < -0.3 is 14.7 Å². The minimum absolute atomic E-state index is 0.185. The average Bonchev–Trinajstić information content (AvgIpc) is 2.14. The molecule has 0 atom stereocenters. The SMILES string of the molecule is CN(C(=O)OC(C)(C)C)C1CCC(C)(O)CC1. The van der Waals surface area contributed by atoms with E-state index in [0.717, 1.165) is 25.7 Å². The molecule has 100 valence electrons. The van der Waals surface area contributed by atoms with E-state index in [2.05, 4.69) is 0 Å². The highest BCUT2D eigenvalue weighted by Gasteiger charge is 2.33. The summed E-state index contributed by atoms with van der Waals surface area (Å²) in [6, 6.07) is 0.185. The normalized spacial score (nSPS) is 29.9. The summed E-state index contributed by atoms with van der Waals surface area (Å²) in [6.45, 7) is 7.45. The summed E-state index contributed by atoms with van der Waals surface area (Å²) in [7, 11) is 1.78. The Balaban J connectivity index is 2.49. The van der Waals surface area contributed by atoms with Gasteiger partial charge in [0.15, 0.2) is 0 Å². The Morgan fingerprint density at radius 3 is 2.24 bits per heavy atom. The molecule has 0 aromatic heterocycles. The molecular formula is C13H25NO3. The average molecular weight is 243 g/mol. The highest BCUT2D eigenvalue weighted by Crippen LogP contribution is 2.30. The second-order valence-corrected chi connectivity index (χ2v) is 6.32. The van der Waals surface area contributed by atoms with Crippen LogP contribution < -0.4 is 0 Å². The molecule has 4 heteroatoms. The molecule has 17 heavy (non-hydrogen) atoms. The minimum atomic E-state index is -0.564. The summed E-state index contributed by atoms with van der Waals surface area (Å²) >= 11 is 0. The largest absolute Gasteiger partial charge is 0.444 e. The lowest BCUT2D eigenvalue weighted by molar-refractivity contribution is -0.0145.